The lowest BCUT2D eigenvalue weighted by molar-refractivity contribution is -0.177. The molecule has 0 aromatic carbocycles. The van der Waals surface area contributed by atoms with Gasteiger partial charge >= 0.3 is 6.18 Å². The van der Waals surface area contributed by atoms with Crippen LogP contribution in [0.25, 0.3) is 0 Å². The molecule has 0 spiro atoms. The van der Waals surface area contributed by atoms with Crippen LogP contribution in [0.1, 0.15) is 31.1 Å². The average Bonchev–Trinajstić information content (AvgIpc) is 2.24. The Morgan fingerprint density at radius 2 is 2.00 bits per heavy atom. The molecule has 0 aliphatic rings. The number of aromatic nitrogens is 2. The number of hydrogen-bond acceptors (Lipinski definition) is 4. The Balaban J connectivity index is 2.58. The Kier molecular flexibility index (Phi) is 5.68. The monoisotopic (exact) mass is 277 g/mol. The van der Waals surface area contributed by atoms with E-state index in [0.717, 1.165) is 5.69 Å². The molecule has 0 saturated carbocycles. The van der Waals surface area contributed by atoms with Crippen LogP contribution in [0.4, 0.5) is 13.2 Å². The van der Waals surface area contributed by atoms with Gasteiger partial charge in [0.05, 0.1) is 5.69 Å². The van der Waals surface area contributed by atoms with Crippen LogP contribution in [-0.2, 0) is 17.9 Å². The van der Waals surface area contributed by atoms with Crippen molar-refractivity contribution in [3.05, 3.63) is 23.3 Å². The Morgan fingerprint density at radius 3 is 2.58 bits per heavy atom. The first-order valence-electron chi connectivity index (χ1n) is 5.97. The predicted octanol–water partition coefficient (Wildman–Crippen LogP) is 2.36. The van der Waals surface area contributed by atoms with Crippen molar-refractivity contribution in [3.8, 4) is 0 Å². The van der Waals surface area contributed by atoms with Crippen molar-refractivity contribution < 1.29 is 17.9 Å². The van der Waals surface area contributed by atoms with Gasteiger partial charge in [-0.2, -0.15) is 13.2 Å². The van der Waals surface area contributed by atoms with Gasteiger partial charge < -0.3 is 10.1 Å². The molecule has 0 saturated heterocycles. The molecule has 1 heterocycles. The molecule has 1 rings (SSSR count). The number of hydrogen-bond donors (Lipinski definition) is 1. The maximum absolute atomic E-state index is 12.0. The van der Waals surface area contributed by atoms with E-state index in [-0.39, 0.29) is 12.4 Å². The fraction of sp³-hybridized carbons (Fsp3) is 0.667. The zero-order valence-electron chi connectivity index (χ0n) is 11.2. The van der Waals surface area contributed by atoms with E-state index in [4.69, 9.17) is 0 Å². The quantitative estimate of drug-likeness (QED) is 0.867. The number of alkyl halides is 3. The highest BCUT2D eigenvalue weighted by atomic mass is 19.4. The van der Waals surface area contributed by atoms with Gasteiger partial charge in [-0.25, -0.2) is 9.97 Å². The van der Waals surface area contributed by atoms with Crippen LogP contribution in [-0.4, -0.2) is 28.8 Å². The second-order valence-electron chi connectivity index (χ2n) is 4.56. The minimum atomic E-state index is -4.33. The summed E-state index contributed by atoms with van der Waals surface area (Å²) in [7, 11) is 0. The van der Waals surface area contributed by atoms with E-state index >= 15 is 0 Å². The largest absolute Gasteiger partial charge is 0.411 e. The van der Waals surface area contributed by atoms with E-state index < -0.39 is 12.8 Å². The number of rotatable bonds is 6. The maximum atomic E-state index is 12.0. The van der Waals surface area contributed by atoms with Crippen LogP contribution in [0.2, 0.25) is 0 Å². The molecule has 0 bridgehead atoms. The predicted molar refractivity (Wildman–Crippen MR) is 64.5 cm³/mol. The van der Waals surface area contributed by atoms with E-state index in [1.807, 2.05) is 13.8 Å². The summed E-state index contributed by atoms with van der Waals surface area (Å²) in [5, 5.41) is 3.19. The first-order valence-corrected chi connectivity index (χ1v) is 5.97. The standard InChI is InChI=1S/C12H18F3N3O/c1-8(2)16-5-10-4-9(3)17-11(18-10)6-19-7-12(13,14)15/h4,8,16H,5-7H2,1-3H3. The Morgan fingerprint density at radius 1 is 1.32 bits per heavy atom. The summed E-state index contributed by atoms with van der Waals surface area (Å²) in [6.07, 6.45) is -4.33. The third-order valence-corrected chi connectivity index (χ3v) is 2.14. The SMILES string of the molecule is Cc1cc(CNC(C)C)nc(COCC(F)(F)F)n1. The molecule has 0 fully saturated rings. The van der Waals surface area contributed by atoms with Gasteiger partial charge in [-0.15, -0.1) is 0 Å². The van der Waals surface area contributed by atoms with E-state index in [9.17, 15) is 13.2 Å². The fourth-order valence-corrected chi connectivity index (χ4v) is 1.42. The summed E-state index contributed by atoms with van der Waals surface area (Å²) >= 11 is 0. The Bertz CT molecular complexity index is 408. The summed E-state index contributed by atoms with van der Waals surface area (Å²) in [5.41, 5.74) is 1.45. The summed E-state index contributed by atoms with van der Waals surface area (Å²) in [6.45, 7) is 4.80. The lowest BCUT2D eigenvalue weighted by Crippen LogP contribution is -2.23. The highest BCUT2D eigenvalue weighted by molar-refractivity contribution is 5.09. The minimum absolute atomic E-state index is 0.240. The molecule has 0 radical (unpaired) electrons. The molecule has 1 aromatic heterocycles. The molecule has 1 aromatic rings. The molecule has 108 valence electrons. The van der Waals surface area contributed by atoms with Crippen LogP contribution in [0.15, 0.2) is 6.07 Å². The smallest absolute Gasteiger partial charge is 0.364 e. The van der Waals surface area contributed by atoms with Gasteiger partial charge in [-0.3, -0.25) is 0 Å². The normalized spacial score (nSPS) is 12.2. The van der Waals surface area contributed by atoms with Crippen molar-refractivity contribution in [3.63, 3.8) is 0 Å². The summed E-state index contributed by atoms with van der Waals surface area (Å²) < 4.78 is 40.4. The molecule has 0 unspecified atom stereocenters. The molecular weight excluding hydrogens is 259 g/mol. The Labute approximate surface area is 110 Å². The van der Waals surface area contributed by atoms with Crippen LogP contribution >= 0.6 is 0 Å². The highest BCUT2D eigenvalue weighted by Gasteiger charge is 2.27. The van der Waals surface area contributed by atoms with Crippen molar-refractivity contribution in [2.45, 2.75) is 46.1 Å². The number of nitrogens with one attached hydrogen (secondary N) is 1. The van der Waals surface area contributed by atoms with Gasteiger partial charge in [0, 0.05) is 18.3 Å². The fourth-order valence-electron chi connectivity index (χ4n) is 1.42. The summed E-state index contributed by atoms with van der Waals surface area (Å²) in [5.74, 6) is 0.268. The van der Waals surface area contributed by atoms with E-state index in [1.54, 1.807) is 13.0 Å². The molecule has 4 nitrogen and oxygen atoms in total. The van der Waals surface area contributed by atoms with Crippen molar-refractivity contribution in [1.82, 2.24) is 15.3 Å². The molecule has 0 aliphatic heterocycles. The van der Waals surface area contributed by atoms with Crippen LogP contribution in [0, 0.1) is 6.92 Å². The van der Waals surface area contributed by atoms with Crippen LogP contribution in [0.3, 0.4) is 0 Å². The van der Waals surface area contributed by atoms with Gasteiger partial charge in [0.2, 0.25) is 0 Å². The van der Waals surface area contributed by atoms with Crippen molar-refractivity contribution in [1.29, 1.82) is 0 Å². The van der Waals surface area contributed by atoms with Crippen LogP contribution < -0.4 is 5.32 Å². The molecule has 7 heteroatoms. The van der Waals surface area contributed by atoms with Gasteiger partial charge in [0.25, 0.3) is 0 Å². The van der Waals surface area contributed by atoms with Crippen molar-refractivity contribution in [2.24, 2.45) is 0 Å². The second-order valence-corrected chi connectivity index (χ2v) is 4.56. The molecule has 0 aliphatic carbocycles. The molecule has 19 heavy (non-hydrogen) atoms. The lowest BCUT2D eigenvalue weighted by atomic mass is 10.3. The minimum Gasteiger partial charge on any atom is -0.364 e. The second kappa shape index (κ2) is 6.81. The molecule has 1 N–H and O–H groups in total. The Hall–Kier alpha value is -1.21. The maximum Gasteiger partial charge on any atom is 0.411 e. The summed E-state index contributed by atoms with van der Waals surface area (Å²) in [6, 6.07) is 2.10. The number of nitrogens with zero attached hydrogens (tertiary/aromatic N) is 2. The van der Waals surface area contributed by atoms with Crippen molar-refractivity contribution in [2.75, 3.05) is 6.61 Å². The third kappa shape index (κ3) is 7.07. The number of ether oxygens (including phenoxy) is 1. The highest BCUT2D eigenvalue weighted by Crippen LogP contribution is 2.15. The van der Waals surface area contributed by atoms with Crippen LogP contribution in [0.5, 0.6) is 0 Å². The zero-order chi connectivity index (χ0) is 14.5. The van der Waals surface area contributed by atoms with Gasteiger partial charge in [0.15, 0.2) is 5.82 Å². The summed E-state index contributed by atoms with van der Waals surface area (Å²) in [4.78, 5) is 8.21. The number of halogens is 3. The van der Waals surface area contributed by atoms with E-state index in [2.05, 4.69) is 20.0 Å². The lowest BCUT2D eigenvalue weighted by Gasteiger charge is -2.10. The van der Waals surface area contributed by atoms with Gasteiger partial charge in [-0.1, -0.05) is 13.8 Å². The number of aryl methyl sites for hydroxylation is 1. The molecule has 0 amide bonds. The topological polar surface area (TPSA) is 47.0 Å². The van der Waals surface area contributed by atoms with E-state index in [1.165, 1.54) is 0 Å². The third-order valence-electron chi connectivity index (χ3n) is 2.14. The first-order chi connectivity index (χ1) is 8.76. The van der Waals surface area contributed by atoms with E-state index in [0.29, 0.717) is 18.3 Å². The average molecular weight is 277 g/mol. The molecular formula is C12H18F3N3O. The zero-order valence-corrected chi connectivity index (χ0v) is 11.2. The molecule has 0 atom stereocenters. The van der Waals surface area contributed by atoms with Crippen molar-refractivity contribution >= 4 is 0 Å². The van der Waals surface area contributed by atoms with Gasteiger partial charge in [0.1, 0.15) is 13.2 Å². The first kappa shape index (κ1) is 15.8. The van der Waals surface area contributed by atoms with Gasteiger partial charge in [-0.05, 0) is 13.0 Å².